The van der Waals surface area contributed by atoms with Crippen LogP contribution in [-0.2, 0) is 16.8 Å². The first-order valence-corrected chi connectivity index (χ1v) is 22.0. The summed E-state index contributed by atoms with van der Waals surface area (Å²) in [6.07, 6.45) is 6.07. The molecule has 17 heteroatoms. The number of amides is 4. The van der Waals surface area contributed by atoms with Crippen molar-refractivity contribution in [1.29, 1.82) is 0 Å². The Kier molecular flexibility index (Phi) is 11.8. The maximum absolute atomic E-state index is 13.0. The van der Waals surface area contributed by atoms with E-state index in [9.17, 15) is 19.5 Å². The number of imide groups is 1. The van der Waals surface area contributed by atoms with Gasteiger partial charge >= 0.3 is 17.8 Å². The Bertz CT molecular complexity index is 2640. The molecule has 0 aliphatic carbocycles. The molecular formula is C47H54N12O5. The molecule has 332 valence electrons. The van der Waals surface area contributed by atoms with Crippen LogP contribution in [0.4, 0.5) is 21.9 Å². The van der Waals surface area contributed by atoms with Gasteiger partial charge in [0.05, 0.1) is 41.6 Å². The fourth-order valence-electron chi connectivity index (χ4n) is 8.89. The second-order valence-corrected chi connectivity index (χ2v) is 18.0. The van der Waals surface area contributed by atoms with Crippen LogP contribution in [0.2, 0.25) is 0 Å². The van der Waals surface area contributed by atoms with Crippen molar-refractivity contribution >= 4 is 45.9 Å². The number of rotatable bonds is 11. The molecule has 0 spiro atoms. The highest BCUT2D eigenvalue weighted by Gasteiger charge is 2.28. The molecule has 1 unspecified atom stereocenters. The molecule has 0 bridgehead atoms. The minimum Gasteiger partial charge on any atom is -0.392 e. The molecule has 17 nitrogen and oxygen atoms in total. The number of pyridine rings is 1. The van der Waals surface area contributed by atoms with Crippen LogP contribution in [0.5, 0.6) is 0 Å². The van der Waals surface area contributed by atoms with Crippen LogP contribution in [0.3, 0.4) is 0 Å². The Balaban J connectivity index is 0.778. The number of carbonyl (C=O) groups excluding carboxylic acids is 3. The summed E-state index contributed by atoms with van der Waals surface area (Å²) in [7, 11) is 0. The monoisotopic (exact) mass is 866 g/mol. The van der Waals surface area contributed by atoms with Crippen LogP contribution < -0.4 is 25.3 Å². The molecule has 1 atom stereocenters. The zero-order valence-corrected chi connectivity index (χ0v) is 36.7. The summed E-state index contributed by atoms with van der Waals surface area (Å²) in [5.74, 6) is 0.286. The quantitative estimate of drug-likeness (QED) is 0.121. The number of aromatic amines is 1. The number of aliphatic hydroxyl groups is 1. The minimum atomic E-state index is -0.486. The molecule has 3 aliphatic heterocycles. The molecule has 3 saturated heterocycles. The fraction of sp³-hybridized carbons (Fsp3) is 0.404. The van der Waals surface area contributed by atoms with E-state index in [0.717, 1.165) is 97.9 Å². The molecule has 0 saturated carbocycles. The number of piperazine rings is 1. The molecule has 3 aliphatic rings. The summed E-state index contributed by atoms with van der Waals surface area (Å²) in [6.45, 7) is 14.9. The van der Waals surface area contributed by atoms with Crippen LogP contribution in [0.15, 0.2) is 77.7 Å². The second kappa shape index (κ2) is 17.8. The van der Waals surface area contributed by atoms with Gasteiger partial charge in [-0.15, -0.1) is 0 Å². The van der Waals surface area contributed by atoms with Crippen molar-refractivity contribution in [2.75, 3.05) is 67.1 Å². The molecule has 9 rings (SSSR count). The van der Waals surface area contributed by atoms with Gasteiger partial charge in [0.2, 0.25) is 5.91 Å². The van der Waals surface area contributed by atoms with Crippen molar-refractivity contribution < 1.29 is 24.0 Å². The number of nitrogens with zero attached hydrogens (tertiary/aromatic N) is 9. The number of piperidine rings is 1. The van der Waals surface area contributed by atoms with Gasteiger partial charge in [0.1, 0.15) is 12.0 Å². The lowest BCUT2D eigenvalue weighted by molar-refractivity contribution is -0.120. The Labute approximate surface area is 371 Å². The number of hydrogen-bond donors (Lipinski definition) is 4. The number of aromatic nitrogens is 6. The molecule has 4 N–H and O–H groups in total. The third-order valence-electron chi connectivity index (χ3n) is 12.6. The first kappa shape index (κ1) is 42.6. The van der Waals surface area contributed by atoms with Crippen LogP contribution in [0.1, 0.15) is 80.6 Å². The number of anilines is 3. The number of urea groups is 1. The summed E-state index contributed by atoms with van der Waals surface area (Å²) < 4.78 is 5.22. The van der Waals surface area contributed by atoms with Crippen molar-refractivity contribution in [3.8, 4) is 22.6 Å². The van der Waals surface area contributed by atoms with E-state index in [4.69, 9.17) is 9.51 Å². The van der Waals surface area contributed by atoms with Crippen molar-refractivity contribution in [1.82, 2.24) is 45.6 Å². The molecular weight excluding hydrogens is 813 g/mol. The van der Waals surface area contributed by atoms with E-state index in [0.29, 0.717) is 41.6 Å². The maximum atomic E-state index is 13.0. The van der Waals surface area contributed by atoms with E-state index in [2.05, 4.69) is 68.6 Å². The van der Waals surface area contributed by atoms with E-state index >= 15 is 0 Å². The largest absolute Gasteiger partial charge is 0.392 e. The van der Waals surface area contributed by atoms with Crippen molar-refractivity contribution in [3.05, 3.63) is 96.0 Å². The Morgan fingerprint density at radius 1 is 0.891 bits per heavy atom. The summed E-state index contributed by atoms with van der Waals surface area (Å²) in [5, 5.41) is 20.5. The SMILES string of the molecule is CC(NC(=O)c1nc(C(C)(C)C)no1)c1ccc(-c2ncnc3[nH]c(-c4ccc(N5CCN(CC6CCN(c7ccc(N8CCC(=O)NC8=O)cc7)CC6)CC5)cn4)cc23)cc1CO. The van der Waals surface area contributed by atoms with E-state index in [-0.39, 0.29) is 29.9 Å². The molecule has 6 aromatic rings. The van der Waals surface area contributed by atoms with Gasteiger partial charge in [0, 0.05) is 86.5 Å². The number of fused-ring (bicyclic) bond motifs is 1. The molecule has 7 heterocycles. The number of hydrogen-bond acceptors (Lipinski definition) is 13. The molecule has 4 aromatic heterocycles. The predicted molar refractivity (Wildman–Crippen MR) is 243 cm³/mol. The lowest BCUT2D eigenvalue weighted by atomic mass is 9.95. The summed E-state index contributed by atoms with van der Waals surface area (Å²) in [6, 6.07) is 19.2. The van der Waals surface area contributed by atoms with Crippen LogP contribution >= 0.6 is 0 Å². The molecule has 64 heavy (non-hydrogen) atoms. The average molecular weight is 867 g/mol. The molecule has 0 radical (unpaired) electrons. The van der Waals surface area contributed by atoms with Crippen molar-refractivity contribution in [2.24, 2.45) is 5.92 Å². The first-order valence-electron chi connectivity index (χ1n) is 22.0. The maximum Gasteiger partial charge on any atom is 0.328 e. The Morgan fingerprint density at radius 2 is 1.62 bits per heavy atom. The van der Waals surface area contributed by atoms with Crippen molar-refractivity contribution in [3.63, 3.8) is 0 Å². The summed E-state index contributed by atoms with van der Waals surface area (Å²) in [4.78, 5) is 67.5. The number of benzene rings is 2. The predicted octanol–water partition coefficient (Wildman–Crippen LogP) is 5.84. The van der Waals surface area contributed by atoms with Gasteiger partial charge in [0.15, 0.2) is 5.82 Å². The van der Waals surface area contributed by atoms with Gasteiger partial charge in [-0.05, 0) is 85.3 Å². The highest BCUT2D eigenvalue weighted by molar-refractivity contribution is 6.05. The number of nitrogens with one attached hydrogen (secondary N) is 3. The van der Waals surface area contributed by atoms with E-state index in [1.807, 2.05) is 76.4 Å². The number of carbonyl (C=O) groups is 3. The van der Waals surface area contributed by atoms with Gasteiger partial charge in [0.25, 0.3) is 0 Å². The molecule has 2 aromatic carbocycles. The Morgan fingerprint density at radius 3 is 2.31 bits per heavy atom. The normalized spacial score (nSPS) is 17.2. The van der Waals surface area contributed by atoms with Crippen LogP contribution in [0, 0.1) is 5.92 Å². The highest BCUT2D eigenvalue weighted by Crippen LogP contribution is 2.33. The van der Waals surface area contributed by atoms with Gasteiger partial charge in [-0.1, -0.05) is 38.1 Å². The van der Waals surface area contributed by atoms with Crippen LogP contribution in [0.25, 0.3) is 33.7 Å². The first-order chi connectivity index (χ1) is 30.9. The lowest BCUT2D eigenvalue weighted by Crippen LogP contribution is -2.49. The van der Waals surface area contributed by atoms with E-state index in [1.165, 1.54) is 12.0 Å². The zero-order valence-electron chi connectivity index (χ0n) is 36.7. The number of aliphatic hydroxyl groups excluding tert-OH is 1. The van der Waals surface area contributed by atoms with Gasteiger partial charge < -0.3 is 29.7 Å². The molecule has 4 amide bonds. The van der Waals surface area contributed by atoms with Gasteiger partial charge in [-0.2, -0.15) is 4.98 Å². The lowest BCUT2D eigenvalue weighted by Gasteiger charge is -2.40. The number of H-pyrrole nitrogens is 1. The topological polar surface area (TPSA) is 202 Å². The third kappa shape index (κ3) is 9.03. The van der Waals surface area contributed by atoms with E-state index < -0.39 is 11.9 Å². The zero-order chi connectivity index (χ0) is 44.5. The van der Waals surface area contributed by atoms with Crippen molar-refractivity contribution in [2.45, 2.75) is 65.0 Å². The van der Waals surface area contributed by atoms with Gasteiger partial charge in [-0.3, -0.25) is 29.7 Å². The molecule has 3 fully saturated rings. The second-order valence-electron chi connectivity index (χ2n) is 18.0. The minimum absolute atomic E-state index is 0.108. The standard InChI is InChI=1S/C47H54N12O5/c1-29(51-43(62)44-54-45(55-64-44)47(2,3)4)36-11-5-31(23-32(36)27-60)41-37-24-39(52-42(37)50-28-49-41)38-12-10-35(25-48-38)58-21-19-56(20-22-58)26-30-13-16-57(17-14-30)33-6-8-34(9-7-33)59-18-15-40(61)53-46(59)63/h5-12,23-25,28-30,60H,13-22,26-27H2,1-4H3,(H,51,62)(H,49,50,52)(H,53,61,63). The van der Waals surface area contributed by atoms with Crippen LogP contribution in [-0.4, -0.2) is 110 Å². The highest BCUT2D eigenvalue weighted by atomic mass is 16.5. The summed E-state index contributed by atoms with van der Waals surface area (Å²) >= 11 is 0. The Hall–Kier alpha value is -6.72. The van der Waals surface area contributed by atoms with Gasteiger partial charge in [-0.25, -0.2) is 14.8 Å². The average Bonchev–Trinajstić information content (AvgIpc) is 3.99. The van der Waals surface area contributed by atoms with E-state index in [1.54, 1.807) is 4.90 Å². The summed E-state index contributed by atoms with van der Waals surface area (Å²) in [5.41, 5.74) is 7.94. The fourth-order valence-corrected chi connectivity index (χ4v) is 8.89. The third-order valence-corrected chi connectivity index (χ3v) is 12.6. The smallest absolute Gasteiger partial charge is 0.328 e.